The van der Waals surface area contributed by atoms with Crippen molar-refractivity contribution in [2.75, 3.05) is 23.4 Å². The summed E-state index contributed by atoms with van der Waals surface area (Å²) in [6.45, 7) is 6.92. The van der Waals surface area contributed by atoms with Crippen molar-refractivity contribution in [2.45, 2.75) is 46.1 Å². The lowest BCUT2D eigenvalue weighted by Crippen LogP contribution is -2.33. The summed E-state index contributed by atoms with van der Waals surface area (Å²) < 4.78 is 41.6. The van der Waals surface area contributed by atoms with Gasteiger partial charge in [-0.3, -0.25) is 0 Å². The zero-order valence-electron chi connectivity index (χ0n) is 16.6. The minimum atomic E-state index is -4.72. The van der Waals surface area contributed by atoms with Gasteiger partial charge in [-0.15, -0.1) is 13.2 Å². The Morgan fingerprint density at radius 1 is 1.21 bits per heavy atom. The van der Waals surface area contributed by atoms with E-state index in [0.717, 1.165) is 16.8 Å². The number of anilines is 2. The van der Waals surface area contributed by atoms with Crippen molar-refractivity contribution >= 4 is 11.8 Å². The molecule has 0 saturated heterocycles. The third-order valence-electron chi connectivity index (χ3n) is 4.90. The number of aromatic nitrogens is 2. The fourth-order valence-electron chi connectivity index (χ4n) is 3.29. The second-order valence-electron chi connectivity index (χ2n) is 7.52. The second kappa shape index (κ2) is 8.44. The molecule has 2 N–H and O–H groups in total. The average molecular weight is 410 g/mol. The van der Waals surface area contributed by atoms with Crippen LogP contribution in [0.4, 0.5) is 24.9 Å². The largest absolute Gasteiger partial charge is 0.573 e. The number of aryl methyl sites for hydroxylation is 1. The maximum Gasteiger partial charge on any atom is 0.573 e. The molecule has 0 spiro atoms. The van der Waals surface area contributed by atoms with E-state index in [-0.39, 0.29) is 24.3 Å². The highest BCUT2D eigenvalue weighted by atomic mass is 19.4. The smallest absolute Gasteiger partial charge is 0.406 e. The number of halogens is 3. The van der Waals surface area contributed by atoms with E-state index in [1.807, 2.05) is 31.7 Å². The number of fused-ring (bicyclic) bond motifs is 1. The summed E-state index contributed by atoms with van der Waals surface area (Å²) >= 11 is 0. The molecule has 1 aromatic heterocycles. The van der Waals surface area contributed by atoms with Crippen LogP contribution >= 0.6 is 0 Å². The number of rotatable bonds is 6. The van der Waals surface area contributed by atoms with Crippen molar-refractivity contribution in [1.82, 2.24) is 9.97 Å². The molecule has 0 bridgehead atoms. The van der Waals surface area contributed by atoms with Gasteiger partial charge in [0.2, 0.25) is 5.95 Å². The Morgan fingerprint density at radius 2 is 1.97 bits per heavy atom. The molecular weight excluding hydrogens is 385 g/mol. The number of nitrogens with zero attached hydrogens (tertiary/aromatic N) is 3. The molecule has 0 radical (unpaired) electrons. The number of aliphatic hydroxyl groups is 1. The first-order valence-electron chi connectivity index (χ1n) is 9.50. The molecule has 2 aromatic rings. The summed E-state index contributed by atoms with van der Waals surface area (Å²) in [4.78, 5) is 11.0. The van der Waals surface area contributed by atoms with Crippen LogP contribution in [-0.2, 0) is 13.0 Å². The van der Waals surface area contributed by atoms with Gasteiger partial charge in [0.1, 0.15) is 11.6 Å². The van der Waals surface area contributed by atoms with Crippen LogP contribution in [-0.4, -0.2) is 40.6 Å². The lowest BCUT2D eigenvalue weighted by Gasteiger charge is -2.30. The van der Waals surface area contributed by atoms with Crippen LogP contribution in [0.3, 0.4) is 0 Å². The number of alkyl halides is 3. The first-order valence-corrected chi connectivity index (χ1v) is 9.50. The third-order valence-corrected chi connectivity index (χ3v) is 4.90. The summed E-state index contributed by atoms with van der Waals surface area (Å²) in [5.41, 5.74) is 2.54. The van der Waals surface area contributed by atoms with Crippen LogP contribution in [0.2, 0.25) is 0 Å². The molecule has 0 saturated carbocycles. The summed E-state index contributed by atoms with van der Waals surface area (Å²) in [5, 5.41) is 12.7. The molecule has 9 heteroatoms. The molecule has 158 valence electrons. The fourth-order valence-corrected chi connectivity index (χ4v) is 3.29. The van der Waals surface area contributed by atoms with Crippen molar-refractivity contribution in [3.05, 3.63) is 41.1 Å². The molecule has 1 atom stereocenters. The third kappa shape index (κ3) is 5.50. The molecule has 0 amide bonds. The molecule has 3 rings (SSSR count). The van der Waals surface area contributed by atoms with Gasteiger partial charge in [-0.05, 0) is 42.5 Å². The highest BCUT2D eigenvalue weighted by molar-refractivity contribution is 5.49. The first kappa shape index (κ1) is 21.2. The standard InChI is InChI=1S/C20H25F3N4O2/c1-12(2)17(11-28)25-19-24-13(3)8-18(26-19)27-7-6-14-4-5-16(9-15(14)10-27)29-20(21,22)23/h4-5,8-9,12,17,28H,6-7,10-11H2,1-3H3,(H,24,25,26)/t17-/m1/s1. The summed E-state index contributed by atoms with van der Waals surface area (Å²) in [6, 6.07) is 6.13. The molecule has 29 heavy (non-hydrogen) atoms. The maximum atomic E-state index is 12.5. The topological polar surface area (TPSA) is 70.5 Å². The van der Waals surface area contributed by atoms with Crippen LogP contribution in [0.25, 0.3) is 0 Å². The van der Waals surface area contributed by atoms with Gasteiger partial charge in [-0.1, -0.05) is 19.9 Å². The van der Waals surface area contributed by atoms with Crippen LogP contribution in [0, 0.1) is 12.8 Å². The highest BCUT2D eigenvalue weighted by Gasteiger charge is 2.31. The van der Waals surface area contributed by atoms with E-state index < -0.39 is 6.36 Å². The van der Waals surface area contributed by atoms with Crippen molar-refractivity contribution in [3.8, 4) is 5.75 Å². The fraction of sp³-hybridized carbons (Fsp3) is 0.500. The molecule has 0 aliphatic carbocycles. The summed E-state index contributed by atoms with van der Waals surface area (Å²) in [7, 11) is 0. The molecule has 1 aliphatic heterocycles. The van der Waals surface area contributed by atoms with E-state index in [9.17, 15) is 18.3 Å². The normalized spacial score (nSPS) is 15.2. The minimum absolute atomic E-state index is 0.0383. The van der Waals surface area contributed by atoms with Gasteiger partial charge >= 0.3 is 6.36 Å². The predicted molar refractivity (Wildman–Crippen MR) is 104 cm³/mol. The van der Waals surface area contributed by atoms with E-state index in [1.165, 1.54) is 12.1 Å². The Hall–Kier alpha value is -2.55. The van der Waals surface area contributed by atoms with Crippen LogP contribution in [0.5, 0.6) is 5.75 Å². The van der Waals surface area contributed by atoms with Gasteiger partial charge in [-0.2, -0.15) is 4.98 Å². The molecule has 0 fully saturated rings. The van der Waals surface area contributed by atoms with Crippen molar-refractivity contribution in [1.29, 1.82) is 0 Å². The number of aliphatic hydroxyl groups excluding tert-OH is 1. The number of benzene rings is 1. The summed E-state index contributed by atoms with van der Waals surface area (Å²) in [5.74, 6) is 1.09. The number of hydrogen-bond donors (Lipinski definition) is 2. The van der Waals surface area contributed by atoms with E-state index in [4.69, 9.17) is 0 Å². The molecule has 1 aromatic carbocycles. The SMILES string of the molecule is Cc1cc(N2CCc3ccc(OC(F)(F)F)cc3C2)nc(N[C@H](CO)C(C)C)n1. The first-order chi connectivity index (χ1) is 13.6. The van der Waals surface area contributed by atoms with E-state index in [1.54, 1.807) is 6.07 Å². The quantitative estimate of drug-likeness (QED) is 0.757. The maximum absolute atomic E-state index is 12.5. The van der Waals surface area contributed by atoms with Crippen molar-refractivity contribution < 1.29 is 23.0 Å². The van der Waals surface area contributed by atoms with Crippen molar-refractivity contribution in [2.24, 2.45) is 5.92 Å². The number of nitrogens with one attached hydrogen (secondary N) is 1. The Morgan fingerprint density at radius 3 is 2.62 bits per heavy atom. The van der Waals surface area contributed by atoms with Gasteiger partial charge in [0.05, 0.1) is 12.6 Å². The van der Waals surface area contributed by atoms with Gasteiger partial charge in [0, 0.05) is 24.8 Å². The Kier molecular flexibility index (Phi) is 6.16. The van der Waals surface area contributed by atoms with Gasteiger partial charge in [0.25, 0.3) is 0 Å². The number of hydrogen-bond acceptors (Lipinski definition) is 6. The lowest BCUT2D eigenvalue weighted by molar-refractivity contribution is -0.274. The van der Waals surface area contributed by atoms with Gasteiger partial charge in [-0.25, -0.2) is 4.98 Å². The molecule has 0 unspecified atom stereocenters. The van der Waals surface area contributed by atoms with Gasteiger partial charge in [0.15, 0.2) is 0 Å². The number of ether oxygens (including phenoxy) is 1. The Bertz CT molecular complexity index is 858. The van der Waals surface area contributed by atoms with E-state index in [0.29, 0.717) is 31.3 Å². The molecule has 1 aliphatic rings. The van der Waals surface area contributed by atoms with Crippen LogP contribution in [0.15, 0.2) is 24.3 Å². The zero-order chi connectivity index (χ0) is 21.2. The van der Waals surface area contributed by atoms with Crippen molar-refractivity contribution in [3.63, 3.8) is 0 Å². The van der Waals surface area contributed by atoms with Crippen LogP contribution in [0.1, 0.15) is 30.7 Å². The molecule has 2 heterocycles. The van der Waals surface area contributed by atoms with Gasteiger partial charge < -0.3 is 20.1 Å². The van der Waals surface area contributed by atoms with E-state index in [2.05, 4.69) is 20.0 Å². The van der Waals surface area contributed by atoms with E-state index >= 15 is 0 Å². The summed E-state index contributed by atoms with van der Waals surface area (Å²) in [6.07, 6.45) is -4.02. The second-order valence-corrected chi connectivity index (χ2v) is 7.52. The zero-order valence-corrected chi connectivity index (χ0v) is 16.6. The lowest BCUT2D eigenvalue weighted by atomic mass is 9.99. The Balaban J connectivity index is 1.81. The van der Waals surface area contributed by atoms with Crippen LogP contribution < -0.4 is 15.0 Å². The molecular formula is C20H25F3N4O2. The highest BCUT2D eigenvalue weighted by Crippen LogP contribution is 2.30. The Labute approximate surface area is 167 Å². The predicted octanol–water partition coefficient (Wildman–Crippen LogP) is 3.68. The molecule has 6 nitrogen and oxygen atoms in total. The average Bonchev–Trinajstić information content (AvgIpc) is 2.63. The monoisotopic (exact) mass is 410 g/mol. The minimum Gasteiger partial charge on any atom is -0.406 e.